The molecule has 2 fully saturated rings. The van der Waals surface area contributed by atoms with Crippen LogP contribution in [-0.4, -0.2) is 51.2 Å². The number of esters is 1. The van der Waals surface area contributed by atoms with Gasteiger partial charge in [0.05, 0.1) is 0 Å². The average molecular weight is 201 g/mol. The molecule has 1 saturated carbocycles. The van der Waals surface area contributed by atoms with E-state index >= 15 is 0 Å². The van der Waals surface area contributed by atoms with Gasteiger partial charge in [0.25, 0.3) is 0 Å². The standard InChI is InChI=1S/C6H7N3O5/c7-9-8-6-3(11)1(10)2(4(6)12)14-5(6)13/h1-4,10-12H/t1-,2-,3-,4-,6-/m0/s1. The Kier molecular flexibility index (Phi) is 1.70. The van der Waals surface area contributed by atoms with E-state index in [4.69, 9.17) is 5.53 Å². The molecule has 1 heterocycles. The van der Waals surface area contributed by atoms with Crippen LogP contribution in [0, 0.1) is 0 Å². The maximum atomic E-state index is 11.2. The van der Waals surface area contributed by atoms with Crippen molar-refractivity contribution in [2.45, 2.75) is 30.0 Å². The normalized spacial score (nSPS) is 50.1. The molecule has 0 unspecified atom stereocenters. The first-order valence-corrected chi connectivity index (χ1v) is 3.87. The highest BCUT2D eigenvalue weighted by atomic mass is 16.6. The van der Waals surface area contributed by atoms with Gasteiger partial charge >= 0.3 is 5.97 Å². The van der Waals surface area contributed by atoms with E-state index in [1.807, 2.05) is 0 Å². The molecular weight excluding hydrogens is 194 g/mol. The van der Waals surface area contributed by atoms with Gasteiger partial charge in [-0.1, -0.05) is 5.11 Å². The highest BCUT2D eigenvalue weighted by Crippen LogP contribution is 2.43. The molecule has 8 heteroatoms. The van der Waals surface area contributed by atoms with Gasteiger partial charge in [-0.3, -0.25) is 4.79 Å². The summed E-state index contributed by atoms with van der Waals surface area (Å²) in [5.74, 6) is -1.01. The SMILES string of the molecule is [N-]=[N+]=N[C@@]12C(=O)O[C@@H]([C@H](O)[C@@H]1O)[C@@H]2O. The molecule has 2 aliphatic rings. The summed E-state index contributed by atoms with van der Waals surface area (Å²) >= 11 is 0. The minimum atomic E-state index is -2.08. The Labute approximate surface area is 77.3 Å². The largest absolute Gasteiger partial charge is 0.456 e. The van der Waals surface area contributed by atoms with Crippen LogP contribution < -0.4 is 0 Å². The van der Waals surface area contributed by atoms with Crippen LogP contribution in [0.1, 0.15) is 0 Å². The number of carbonyl (C=O) groups is 1. The molecule has 8 nitrogen and oxygen atoms in total. The van der Waals surface area contributed by atoms with Gasteiger partial charge in [0.15, 0.2) is 6.10 Å². The quantitative estimate of drug-likeness (QED) is 0.196. The Morgan fingerprint density at radius 1 is 1.43 bits per heavy atom. The van der Waals surface area contributed by atoms with Crippen molar-refractivity contribution in [2.24, 2.45) is 5.11 Å². The summed E-state index contributed by atoms with van der Waals surface area (Å²) in [6.07, 6.45) is -5.77. The second-order valence-corrected chi connectivity index (χ2v) is 3.26. The number of carbonyl (C=O) groups excluding carboxylic acids is 1. The third kappa shape index (κ3) is 0.740. The second-order valence-electron chi connectivity index (χ2n) is 3.26. The van der Waals surface area contributed by atoms with Crippen molar-refractivity contribution < 1.29 is 24.9 Å². The predicted molar refractivity (Wildman–Crippen MR) is 39.8 cm³/mol. The first-order chi connectivity index (χ1) is 6.55. The van der Waals surface area contributed by atoms with E-state index in [9.17, 15) is 20.1 Å². The van der Waals surface area contributed by atoms with Gasteiger partial charge in [0.1, 0.15) is 18.3 Å². The van der Waals surface area contributed by atoms with Crippen molar-refractivity contribution in [3.05, 3.63) is 10.4 Å². The van der Waals surface area contributed by atoms with Crippen LogP contribution in [0.25, 0.3) is 10.4 Å². The topological polar surface area (TPSA) is 136 Å². The first kappa shape index (κ1) is 9.22. The number of hydrogen-bond donors (Lipinski definition) is 3. The van der Waals surface area contributed by atoms with Gasteiger partial charge in [-0.25, -0.2) is 0 Å². The lowest BCUT2D eigenvalue weighted by atomic mass is 9.95. The monoisotopic (exact) mass is 201 g/mol. The number of nitrogens with zero attached hydrogens (tertiary/aromatic N) is 3. The highest BCUT2D eigenvalue weighted by Gasteiger charge is 2.71. The summed E-state index contributed by atoms with van der Waals surface area (Å²) in [6.45, 7) is 0. The maximum Gasteiger partial charge on any atom is 0.324 e. The molecule has 0 amide bonds. The number of rotatable bonds is 1. The zero-order valence-electron chi connectivity index (χ0n) is 6.81. The van der Waals surface area contributed by atoms with Gasteiger partial charge in [-0.2, -0.15) is 0 Å². The molecule has 0 aromatic carbocycles. The van der Waals surface area contributed by atoms with E-state index in [0.29, 0.717) is 0 Å². The molecule has 0 spiro atoms. The van der Waals surface area contributed by atoms with Crippen LogP contribution >= 0.6 is 0 Å². The number of aliphatic hydroxyl groups is 3. The molecule has 2 bridgehead atoms. The fraction of sp³-hybridized carbons (Fsp3) is 0.833. The lowest BCUT2D eigenvalue weighted by molar-refractivity contribution is -0.167. The lowest BCUT2D eigenvalue weighted by Crippen LogP contribution is -2.52. The molecule has 3 N–H and O–H groups in total. The van der Waals surface area contributed by atoms with Gasteiger partial charge in [0, 0.05) is 4.91 Å². The van der Waals surface area contributed by atoms with Gasteiger partial charge in [0.2, 0.25) is 5.54 Å². The Morgan fingerprint density at radius 2 is 2.07 bits per heavy atom. The highest BCUT2D eigenvalue weighted by molar-refractivity contribution is 5.87. The number of azide groups is 1. The molecule has 1 aliphatic heterocycles. The Hall–Kier alpha value is -1.34. The summed E-state index contributed by atoms with van der Waals surface area (Å²) in [7, 11) is 0. The van der Waals surface area contributed by atoms with Crippen LogP contribution in [0.3, 0.4) is 0 Å². The molecule has 1 aliphatic carbocycles. The Bertz CT molecular complexity index is 334. The molecule has 5 atom stereocenters. The van der Waals surface area contributed by atoms with Crippen molar-refractivity contribution >= 4 is 5.97 Å². The summed E-state index contributed by atoms with van der Waals surface area (Å²) < 4.78 is 4.55. The fourth-order valence-corrected chi connectivity index (χ4v) is 1.88. The molecule has 0 aromatic heterocycles. The molecule has 76 valence electrons. The van der Waals surface area contributed by atoms with Crippen molar-refractivity contribution in [2.75, 3.05) is 0 Å². The molecule has 2 rings (SSSR count). The maximum absolute atomic E-state index is 11.2. The Balaban J connectivity index is 2.53. The number of aliphatic hydroxyl groups excluding tert-OH is 3. The van der Waals surface area contributed by atoms with Crippen molar-refractivity contribution in [3.8, 4) is 0 Å². The van der Waals surface area contributed by atoms with Crippen LogP contribution in [0.2, 0.25) is 0 Å². The number of hydrogen-bond acceptors (Lipinski definition) is 6. The summed E-state index contributed by atoms with van der Waals surface area (Å²) in [4.78, 5) is 13.6. The van der Waals surface area contributed by atoms with Gasteiger partial charge in [-0.15, -0.1) is 0 Å². The second kappa shape index (κ2) is 2.58. The molecule has 14 heavy (non-hydrogen) atoms. The summed E-state index contributed by atoms with van der Waals surface area (Å²) in [5, 5.41) is 31.3. The zero-order chi connectivity index (χ0) is 10.5. The smallest absolute Gasteiger partial charge is 0.324 e. The third-order valence-electron chi connectivity index (χ3n) is 2.65. The van der Waals surface area contributed by atoms with Crippen molar-refractivity contribution in [1.29, 1.82) is 0 Å². The van der Waals surface area contributed by atoms with Crippen LogP contribution in [0.15, 0.2) is 5.11 Å². The molecule has 1 saturated heterocycles. The van der Waals surface area contributed by atoms with E-state index in [1.54, 1.807) is 0 Å². The minimum absolute atomic E-state index is 1.01. The predicted octanol–water partition coefficient (Wildman–Crippen LogP) is -1.94. The first-order valence-electron chi connectivity index (χ1n) is 3.87. The van der Waals surface area contributed by atoms with Gasteiger partial charge < -0.3 is 20.1 Å². The Morgan fingerprint density at radius 3 is 2.57 bits per heavy atom. The van der Waals surface area contributed by atoms with E-state index in [0.717, 1.165) is 0 Å². The fourth-order valence-electron chi connectivity index (χ4n) is 1.88. The van der Waals surface area contributed by atoms with E-state index < -0.39 is 35.9 Å². The molecule has 0 radical (unpaired) electrons. The number of ether oxygens (including phenoxy) is 1. The van der Waals surface area contributed by atoms with E-state index in [1.165, 1.54) is 0 Å². The van der Waals surface area contributed by atoms with E-state index in [2.05, 4.69) is 14.8 Å². The van der Waals surface area contributed by atoms with Crippen LogP contribution in [-0.2, 0) is 9.53 Å². The van der Waals surface area contributed by atoms with Crippen molar-refractivity contribution in [1.82, 2.24) is 0 Å². The lowest BCUT2D eigenvalue weighted by Gasteiger charge is -2.26. The van der Waals surface area contributed by atoms with E-state index in [-0.39, 0.29) is 0 Å². The molecular formula is C6H7N3O5. The summed E-state index contributed by atoms with van der Waals surface area (Å²) in [5.41, 5.74) is 6.14. The van der Waals surface area contributed by atoms with Crippen molar-refractivity contribution in [3.63, 3.8) is 0 Å². The van der Waals surface area contributed by atoms with Crippen LogP contribution in [0.4, 0.5) is 0 Å². The van der Waals surface area contributed by atoms with Gasteiger partial charge in [-0.05, 0) is 5.53 Å². The summed E-state index contributed by atoms with van der Waals surface area (Å²) in [6, 6.07) is 0. The minimum Gasteiger partial charge on any atom is -0.456 e. The number of fused-ring (bicyclic) bond motifs is 2. The third-order valence-corrected chi connectivity index (χ3v) is 2.65. The average Bonchev–Trinajstić information content (AvgIpc) is 2.48. The molecule has 0 aromatic rings. The zero-order valence-corrected chi connectivity index (χ0v) is 6.81. The van der Waals surface area contributed by atoms with Crippen LogP contribution in [0.5, 0.6) is 0 Å².